The van der Waals surface area contributed by atoms with Crippen LogP contribution in [0.3, 0.4) is 0 Å². The lowest BCUT2D eigenvalue weighted by Crippen LogP contribution is -2.59. The van der Waals surface area contributed by atoms with Gasteiger partial charge in [-0.2, -0.15) is 0 Å². The number of hydrogen-bond acceptors (Lipinski definition) is 5. The van der Waals surface area contributed by atoms with Gasteiger partial charge < -0.3 is 14.1 Å². The zero-order valence-corrected chi connectivity index (χ0v) is 19.6. The van der Waals surface area contributed by atoms with Gasteiger partial charge in [0, 0.05) is 10.3 Å². The summed E-state index contributed by atoms with van der Waals surface area (Å²) >= 11 is 1.63. The lowest BCUT2D eigenvalue weighted by Gasteiger charge is -2.41. The zero-order valence-electron chi connectivity index (χ0n) is 17.8. The molecule has 2 heterocycles. The van der Waals surface area contributed by atoms with E-state index < -0.39 is 19.1 Å². The largest absolute Gasteiger partial charge is 0.460 e. The van der Waals surface area contributed by atoms with Crippen molar-refractivity contribution in [3.8, 4) is 0 Å². The number of β-lactam (4-membered cyclic amide) rings is 1. The molecule has 7 heteroatoms. The lowest BCUT2D eigenvalue weighted by atomic mass is 9.95. The fraction of sp³-hybridized carbons (Fsp3) is 0.700. The Balaban J connectivity index is 2.16. The Kier molecular flexibility index (Phi) is 6.10. The third-order valence-corrected chi connectivity index (χ3v) is 11.7. The van der Waals surface area contributed by atoms with Gasteiger partial charge in [0.05, 0.1) is 6.10 Å². The Morgan fingerprint density at radius 2 is 2.00 bits per heavy atom. The fourth-order valence-electron chi connectivity index (χ4n) is 3.20. The Labute approximate surface area is 168 Å². The summed E-state index contributed by atoms with van der Waals surface area (Å²) in [5.74, 6) is -0.461. The smallest absolute Gasteiger partial charge is 0.330 e. The van der Waals surface area contributed by atoms with Crippen LogP contribution < -0.4 is 0 Å². The van der Waals surface area contributed by atoms with E-state index in [0.29, 0.717) is 0 Å². The van der Waals surface area contributed by atoms with Gasteiger partial charge in [0.15, 0.2) is 8.32 Å². The predicted molar refractivity (Wildman–Crippen MR) is 113 cm³/mol. The third-order valence-electron chi connectivity index (χ3n) is 5.62. The van der Waals surface area contributed by atoms with Crippen LogP contribution in [0, 0.1) is 0 Å². The van der Waals surface area contributed by atoms with E-state index in [4.69, 9.17) is 9.16 Å². The van der Waals surface area contributed by atoms with E-state index in [2.05, 4.69) is 40.4 Å². The van der Waals surface area contributed by atoms with Crippen molar-refractivity contribution in [3.63, 3.8) is 0 Å². The average Bonchev–Trinajstić information content (AvgIpc) is 2.77. The Morgan fingerprint density at radius 1 is 1.41 bits per heavy atom. The molecule has 0 unspecified atom stereocenters. The second-order valence-electron chi connectivity index (χ2n) is 9.31. The molecule has 0 N–H and O–H groups in total. The van der Waals surface area contributed by atoms with Gasteiger partial charge in [-0.1, -0.05) is 33.4 Å². The molecular weight excluding hydrogens is 378 g/mol. The van der Waals surface area contributed by atoms with E-state index in [9.17, 15) is 9.59 Å². The van der Waals surface area contributed by atoms with Gasteiger partial charge in [-0.15, -0.1) is 11.8 Å². The number of hydrogen-bond donors (Lipinski definition) is 0. The summed E-state index contributed by atoms with van der Waals surface area (Å²) in [7, 11) is -1.91. The van der Waals surface area contributed by atoms with Crippen molar-refractivity contribution in [2.75, 3.05) is 6.61 Å². The second kappa shape index (κ2) is 7.41. The standard InChI is InChI=1S/C20H33NO4SSi/c1-10-11-24-18(23)15-20(6,7)26-17-14(16(22)21(15)17)12-13(2)25-27(8,9)19(3,4)5/h10,12-13,15,17H,1,11H2,2-9H3/b14-12-/t13-,15-,17+/m0/s1. The number of amides is 1. The number of fused-ring (bicyclic) bond motifs is 1. The zero-order chi connectivity index (χ0) is 20.8. The molecule has 27 heavy (non-hydrogen) atoms. The van der Waals surface area contributed by atoms with Crippen LogP contribution in [0.1, 0.15) is 41.5 Å². The van der Waals surface area contributed by atoms with Gasteiger partial charge in [-0.25, -0.2) is 4.79 Å². The van der Waals surface area contributed by atoms with E-state index in [1.165, 1.54) is 6.08 Å². The van der Waals surface area contributed by atoms with Gasteiger partial charge in [0.1, 0.15) is 18.0 Å². The summed E-state index contributed by atoms with van der Waals surface area (Å²) in [6.45, 7) is 20.7. The number of ether oxygens (including phenoxy) is 1. The highest BCUT2D eigenvalue weighted by Crippen LogP contribution is 2.53. The molecule has 0 radical (unpaired) electrons. The van der Waals surface area contributed by atoms with Crippen LogP contribution in [-0.4, -0.2) is 54.0 Å². The van der Waals surface area contributed by atoms with E-state index in [-0.39, 0.29) is 35.0 Å². The first-order valence-corrected chi connectivity index (χ1v) is 13.2. The van der Waals surface area contributed by atoms with E-state index in [1.54, 1.807) is 16.7 Å². The number of rotatable bonds is 6. The van der Waals surface area contributed by atoms with Gasteiger partial charge in [0.2, 0.25) is 0 Å². The SMILES string of the molecule is C=CCOC(=O)[C@@H]1N2C(=O)/C(=C/[C@H](C)O[Si](C)(C)C(C)(C)C)[C@H]2SC1(C)C. The molecule has 0 spiro atoms. The fourth-order valence-corrected chi connectivity index (χ4v) is 6.11. The van der Waals surface area contributed by atoms with Gasteiger partial charge >= 0.3 is 5.97 Å². The third kappa shape index (κ3) is 4.20. The maximum atomic E-state index is 12.8. The molecule has 152 valence electrons. The molecule has 2 aliphatic rings. The molecule has 0 aromatic heterocycles. The molecule has 0 bridgehead atoms. The number of carbonyl (C=O) groups is 2. The monoisotopic (exact) mass is 411 g/mol. The molecule has 2 saturated heterocycles. The highest BCUT2D eigenvalue weighted by molar-refractivity contribution is 8.01. The number of nitrogens with zero attached hydrogens (tertiary/aromatic N) is 1. The summed E-state index contributed by atoms with van der Waals surface area (Å²) in [5.41, 5.74) is 0.735. The number of thioether (sulfide) groups is 1. The lowest BCUT2D eigenvalue weighted by molar-refractivity contribution is -0.156. The van der Waals surface area contributed by atoms with Crippen molar-refractivity contribution in [3.05, 3.63) is 24.3 Å². The minimum Gasteiger partial charge on any atom is -0.460 e. The molecule has 1 amide bonds. The van der Waals surface area contributed by atoms with Crippen molar-refractivity contribution >= 4 is 32.0 Å². The Hall–Kier alpha value is -1.05. The first-order valence-electron chi connectivity index (χ1n) is 9.40. The summed E-state index contributed by atoms with van der Waals surface area (Å²) in [6.07, 6.45) is 3.33. The van der Waals surface area contributed by atoms with E-state index >= 15 is 0 Å². The average molecular weight is 412 g/mol. The first kappa shape index (κ1) is 22.2. The van der Waals surface area contributed by atoms with Crippen molar-refractivity contribution < 1.29 is 18.8 Å². The van der Waals surface area contributed by atoms with Crippen molar-refractivity contribution in [1.29, 1.82) is 0 Å². The van der Waals surface area contributed by atoms with Crippen molar-refractivity contribution in [1.82, 2.24) is 4.90 Å². The van der Waals surface area contributed by atoms with Crippen LogP contribution in [0.25, 0.3) is 0 Å². The maximum Gasteiger partial charge on any atom is 0.330 e. The highest BCUT2D eigenvalue weighted by Gasteiger charge is 2.61. The summed E-state index contributed by atoms with van der Waals surface area (Å²) in [5, 5.41) is -0.00116. The quantitative estimate of drug-likeness (QED) is 0.216. The highest BCUT2D eigenvalue weighted by atomic mass is 32.2. The summed E-state index contributed by atoms with van der Waals surface area (Å²) in [4.78, 5) is 26.9. The number of esters is 1. The topological polar surface area (TPSA) is 55.8 Å². The molecule has 3 atom stereocenters. The van der Waals surface area contributed by atoms with E-state index in [0.717, 1.165) is 5.57 Å². The number of carbonyl (C=O) groups excluding carboxylic acids is 2. The minimum absolute atomic E-state index is 0.0932. The Bertz CT molecular complexity index is 665. The van der Waals surface area contributed by atoms with Gasteiger partial charge in [-0.05, 0) is 45.0 Å². The van der Waals surface area contributed by atoms with Crippen LogP contribution >= 0.6 is 11.8 Å². The molecular formula is C20H33NO4SSi. The van der Waals surface area contributed by atoms with Crippen molar-refractivity contribution in [2.24, 2.45) is 0 Å². The normalized spacial score (nSPS) is 27.2. The van der Waals surface area contributed by atoms with Gasteiger partial charge in [0.25, 0.3) is 5.91 Å². The summed E-state index contributed by atoms with van der Waals surface area (Å²) < 4.78 is 11.2. The molecule has 0 aromatic carbocycles. The van der Waals surface area contributed by atoms with Gasteiger partial charge in [-0.3, -0.25) is 4.79 Å². The van der Waals surface area contributed by atoms with Crippen LogP contribution in [-0.2, 0) is 18.8 Å². The van der Waals surface area contributed by atoms with Crippen LogP contribution in [0.2, 0.25) is 18.1 Å². The van der Waals surface area contributed by atoms with Crippen LogP contribution in [0.5, 0.6) is 0 Å². The molecule has 0 aromatic rings. The van der Waals surface area contributed by atoms with Crippen molar-refractivity contribution in [2.45, 2.75) is 81.9 Å². The second-order valence-corrected chi connectivity index (χ2v) is 15.8. The molecule has 2 rings (SSSR count). The van der Waals surface area contributed by atoms with Crippen LogP contribution in [0.4, 0.5) is 0 Å². The molecule has 2 fully saturated rings. The van der Waals surface area contributed by atoms with E-state index in [1.807, 2.05) is 26.8 Å². The molecule has 2 aliphatic heterocycles. The Morgan fingerprint density at radius 3 is 2.52 bits per heavy atom. The first-order chi connectivity index (χ1) is 12.2. The maximum absolute atomic E-state index is 12.8. The minimum atomic E-state index is -1.91. The molecule has 5 nitrogen and oxygen atoms in total. The molecule has 0 aliphatic carbocycles. The predicted octanol–water partition coefficient (Wildman–Crippen LogP) is 4.11. The molecule has 0 saturated carbocycles. The van der Waals surface area contributed by atoms with Crippen LogP contribution in [0.15, 0.2) is 24.3 Å². The summed E-state index contributed by atoms with van der Waals surface area (Å²) in [6, 6.07) is -0.575.